The summed E-state index contributed by atoms with van der Waals surface area (Å²) in [6, 6.07) is 0.558. The molecule has 0 spiro atoms. The first-order valence-electron chi connectivity index (χ1n) is 13.1. The lowest BCUT2D eigenvalue weighted by Gasteiger charge is -2.19. The molecule has 4 heterocycles. The molecule has 2 unspecified atom stereocenters. The van der Waals surface area contributed by atoms with Gasteiger partial charge in [0.15, 0.2) is 12.1 Å². The highest BCUT2D eigenvalue weighted by Gasteiger charge is 2.25. The van der Waals surface area contributed by atoms with Crippen LogP contribution in [0.25, 0.3) is 0 Å². The van der Waals surface area contributed by atoms with Gasteiger partial charge in [-0.2, -0.15) is 5.21 Å². The van der Waals surface area contributed by atoms with Crippen LogP contribution < -0.4 is 16.1 Å². The Bertz CT molecular complexity index is 809. The molecule has 11 heteroatoms. The molecule has 36 heavy (non-hydrogen) atoms. The van der Waals surface area contributed by atoms with Gasteiger partial charge in [0, 0.05) is 29.7 Å². The predicted molar refractivity (Wildman–Crippen MR) is 148 cm³/mol. The third-order valence-electron chi connectivity index (χ3n) is 5.16. The van der Waals surface area contributed by atoms with Gasteiger partial charge in [0.2, 0.25) is 5.90 Å². The lowest BCUT2D eigenvalue weighted by Crippen LogP contribution is -2.41. The van der Waals surface area contributed by atoms with E-state index in [4.69, 9.17) is 4.74 Å². The number of hydrazone groups is 1. The highest BCUT2D eigenvalue weighted by molar-refractivity contribution is 5.86. The van der Waals surface area contributed by atoms with Gasteiger partial charge in [-0.15, -0.1) is 15.3 Å². The third kappa shape index (κ3) is 11.8. The van der Waals surface area contributed by atoms with Gasteiger partial charge in [-0.05, 0) is 27.7 Å². The molecule has 1 aromatic rings. The zero-order valence-corrected chi connectivity index (χ0v) is 24.5. The number of aromatic amines is 1. The number of ether oxygens (including phenoxy) is 1. The molecular formula is C25H50N10O. The topological polar surface area (TPSA) is 137 Å². The van der Waals surface area contributed by atoms with Crippen LogP contribution in [0.15, 0.2) is 15.1 Å². The van der Waals surface area contributed by atoms with Gasteiger partial charge in [0.25, 0.3) is 0 Å². The second-order valence-electron chi connectivity index (χ2n) is 11.2. The summed E-state index contributed by atoms with van der Waals surface area (Å²) in [5.41, 5.74) is 3.01. The van der Waals surface area contributed by atoms with Gasteiger partial charge in [0.05, 0.1) is 30.3 Å². The van der Waals surface area contributed by atoms with E-state index < -0.39 is 0 Å². The fourth-order valence-corrected chi connectivity index (χ4v) is 3.03. The van der Waals surface area contributed by atoms with Gasteiger partial charge >= 0.3 is 0 Å². The maximum Gasteiger partial charge on any atom is 0.210 e. The molecule has 206 valence electrons. The molecule has 0 amide bonds. The summed E-state index contributed by atoms with van der Waals surface area (Å²) in [4.78, 5) is 8.72. The average Bonchev–Trinajstić information content (AvgIpc) is 3.56. The highest BCUT2D eigenvalue weighted by Crippen LogP contribution is 2.12. The Kier molecular flexibility index (Phi) is 12.8. The minimum atomic E-state index is 0.0578. The highest BCUT2D eigenvalue weighted by atomic mass is 16.5. The molecule has 0 saturated heterocycles. The van der Waals surface area contributed by atoms with E-state index in [1.807, 2.05) is 20.8 Å². The molecule has 0 radical (unpaired) electrons. The number of tetrazole rings is 1. The Hall–Kier alpha value is -2.72. The molecule has 0 aliphatic carbocycles. The molecule has 3 aliphatic heterocycles. The Morgan fingerprint density at radius 3 is 1.72 bits per heavy atom. The summed E-state index contributed by atoms with van der Waals surface area (Å²) >= 11 is 0. The summed E-state index contributed by atoms with van der Waals surface area (Å²) in [6.07, 6.45) is 0.0578. The van der Waals surface area contributed by atoms with Crippen molar-refractivity contribution in [3.05, 3.63) is 5.82 Å². The van der Waals surface area contributed by atoms with E-state index in [0.29, 0.717) is 29.7 Å². The van der Waals surface area contributed by atoms with Crippen LogP contribution in [0.2, 0.25) is 0 Å². The van der Waals surface area contributed by atoms with Crippen LogP contribution in [0.4, 0.5) is 0 Å². The van der Waals surface area contributed by atoms with Crippen molar-refractivity contribution in [1.29, 1.82) is 0 Å². The number of nitrogens with one attached hydrogen (secondary N) is 4. The van der Waals surface area contributed by atoms with Crippen molar-refractivity contribution in [2.24, 2.45) is 32.8 Å². The van der Waals surface area contributed by atoms with Crippen LogP contribution in [-0.4, -0.2) is 69.1 Å². The first-order chi connectivity index (χ1) is 16.7. The molecule has 0 saturated carbocycles. The van der Waals surface area contributed by atoms with Crippen molar-refractivity contribution in [2.45, 2.75) is 107 Å². The first-order valence-corrected chi connectivity index (χ1v) is 13.1. The van der Waals surface area contributed by atoms with E-state index in [2.05, 4.69) is 114 Å². The lowest BCUT2D eigenvalue weighted by atomic mass is 10.1. The van der Waals surface area contributed by atoms with E-state index >= 15 is 0 Å². The van der Waals surface area contributed by atoms with Gasteiger partial charge in [-0.25, -0.2) is 0 Å². The Balaban J connectivity index is 0.000000241. The lowest BCUT2D eigenvalue weighted by molar-refractivity contribution is 0.199. The largest absolute Gasteiger partial charge is 0.455 e. The smallest absolute Gasteiger partial charge is 0.210 e. The molecule has 4 rings (SSSR count). The number of rotatable bonds is 4. The van der Waals surface area contributed by atoms with E-state index in [1.165, 1.54) is 5.84 Å². The van der Waals surface area contributed by atoms with Crippen LogP contribution in [0.5, 0.6) is 0 Å². The zero-order chi connectivity index (χ0) is 27.5. The maximum atomic E-state index is 5.26. The molecular weight excluding hydrogens is 456 g/mol. The number of nitrogens with zero attached hydrogens (tertiary/aromatic N) is 6. The monoisotopic (exact) mass is 506 g/mol. The predicted octanol–water partition coefficient (Wildman–Crippen LogP) is 3.70. The van der Waals surface area contributed by atoms with E-state index in [9.17, 15) is 0 Å². The Labute approximate surface area is 217 Å². The summed E-state index contributed by atoms with van der Waals surface area (Å²) in [5, 5.41) is 24.0. The third-order valence-corrected chi connectivity index (χ3v) is 5.16. The van der Waals surface area contributed by atoms with E-state index in [-0.39, 0.29) is 11.8 Å². The number of hydrogen-bond donors (Lipinski definition) is 4. The van der Waals surface area contributed by atoms with Crippen LogP contribution >= 0.6 is 0 Å². The summed E-state index contributed by atoms with van der Waals surface area (Å²) < 4.78 is 5.26. The van der Waals surface area contributed by atoms with Crippen LogP contribution in [-0.2, 0) is 4.74 Å². The summed E-state index contributed by atoms with van der Waals surface area (Å²) in [7, 11) is 0. The van der Waals surface area contributed by atoms with E-state index in [1.54, 1.807) is 0 Å². The van der Waals surface area contributed by atoms with Crippen LogP contribution in [0, 0.1) is 17.8 Å². The van der Waals surface area contributed by atoms with Crippen molar-refractivity contribution < 1.29 is 4.74 Å². The molecule has 0 bridgehead atoms. The van der Waals surface area contributed by atoms with Crippen molar-refractivity contribution in [3.8, 4) is 0 Å². The Morgan fingerprint density at radius 2 is 1.50 bits per heavy atom. The molecule has 4 N–H and O–H groups in total. The van der Waals surface area contributed by atoms with Gasteiger partial charge in [0.1, 0.15) is 0 Å². The normalized spacial score (nSPS) is 21.5. The number of hydrogen-bond acceptors (Lipinski definition) is 10. The fourth-order valence-electron chi connectivity index (χ4n) is 3.03. The second kappa shape index (κ2) is 14.7. The van der Waals surface area contributed by atoms with Crippen molar-refractivity contribution in [3.63, 3.8) is 0 Å². The number of aliphatic imine (C=N–C) groups is 2. The standard InChI is InChI=1S/C8H16N2.C7H14N2.C6H12N2O.C4H8N4/c1-6(2)7-9-5-8(3,4)10-7;1-5(2)7-8-4-6(3)9-7;1-4(2)6-8-7-5(3)9-6;1-3(2)4-5-7-8-6-4/h6H,5H2,1-4H3,(H,9,10);5-6H,4H2,1-3H3,(H,8,9);4-5,7H,1-3H3;3H,1-2H3,(H,5,6,7,8). The quantitative estimate of drug-likeness (QED) is 0.489. The second-order valence-corrected chi connectivity index (χ2v) is 11.2. The summed E-state index contributed by atoms with van der Waals surface area (Å²) in [5.74, 6) is 5.77. The fraction of sp³-hybridized carbons (Fsp3) is 0.840. The number of aromatic nitrogens is 4. The molecule has 2 atom stereocenters. The van der Waals surface area contributed by atoms with Gasteiger partial charge < -0.3 is 15.4 Å². The summed E-state index contributed by atoms with van der Waals surface area (Å²) in [6.45, 7) is 27.1. The SMILES string of the molecule is CC(C)C1=NCC(C)(C)N1.CC(C)c1nn[nH]n1.CC1CN=C(C(C)C)N1.CC1NN=C(C(C)C)O1. The maximum absolute atomic E-state index is 5.26. The van der Waals surface area contributed by atoms with Crippen LogP contribution in [0.1, 0.15) is 94.8 Å². The van der Waals surface area contributed by atoms with Crippen molar-refractivity contribution >= 4 is 17.6 Å². The molecule has 11 nitrogen and oxygen atoms in total. The van der Waals surface area contributed by atoms with Crippen LogP contribution in [0.3, 0.4) is 0 Å². The molecule has 0 aromatic carbocycles. The minimum absolute atomic E-state index is 0.0578. The molecule has 3 aliphatic rings. The molecule has 1 aromatic heterocycles. The minimum Gasteiger partial charge on any atom is -0.455 e. The van der Waals surface area contributed by atoms with Crippen molar-refractivity contribution in [1.82, 2.24) is 36.7 Å². The number of amidine groups is 2. The Morgan fingerprint density at radius 1 is 0.861 bits per heavy atom. The van der Waals surface area contributed by atoms with Gasteiger partial charge in [-0.3, -0.25) is 15.4 Å². The average molecular weight is 507 g/mol. The number of H-pyrrole nitrogens is 1. The van der Waals surface area contributed by atoms with E-state index in [0.717, 1.165) is 30.6 Å². The van der Waals surface area contributed by atoms with Crippen molar-refractivity contribution in [2.75, 3.05) is 13.1 Å². The first kappa shape index (κ1) is 31.3. The van der Waals surface area contributed by atoms with Gasteiger partial charge in [-0.1, -0.05) is 60.6 Å². The zero-order valence-electron chi connectivity index (χ0n) is 24.5. The molecule has 0 fully saturated rings.